The summed E-state index contributed by atoms with van der Waals surface area (Å²) in [6.45, 7) is 1.92. The number of ether oxygens (including phenoxy) is 1. The number of anilines is 2. The van der Waals surface area contributed by atoms with Crippen molar-refractivity contribution >= 4 is 17.3 Å². The zero-order valence-corrected chi connectivity index (χ0v) is 11.0. The van der Waals surface area contributed by atoms with E-state index in [-0.39, 0.29) is 0 Å². The molecule has 0 saturated carbocycles. The molecular formula is C13H20N2O3. The fourth-order valence-electron chi connectivity index (χ4n) is 1.55. The van der Waals surface area contributed by atoms with Crippen molar-refractivity contribution in [2.24, 2.45) is 0 Å². The van der Waals surface area contributed by atoms with Crippen LogP contribution in [0.3, 0.4) is 0 Å². The van der Waals surface area contributed by atoms with E-state index in [9.17, 15) is 4.79 Å². The first kappa shape index (κ1) is 14.2. The Balaban J connectivity index is 2.93. The van der Waals surface area contributed by atoms with Crippen LogP contribution in [0, 0.1) is 0 Å². The molecule has 1 aromatic carbocycles. The maximum atomic E-state index is 11.0. The van der Waals surface area contributed by atoms with Crippen LogP contribution >= 0.6 is 0 Å². The van der Waals surface area contributed by atoms with Gasteiger partial charge in [-0.05, 0) is 18.6 Å². The summed E-state index contributed by atoms with van der Waals surface area (Å²) in [6.07, 6.45) is 0.347. The molecule has 0 aliphatic rings. The minimum Gasteiger partial charge on any atom is -0.479 e. The van der Waals surface area contributed by atoms with E-state index < -0.39 is 12.1 Å². The van der Waals surface area contributed by atoms with Crippen LogP contribution in [0.4, 0.5) is 11.4 Å². The summed E-state index contributed by atoms with van der Waals surface area (Å²) in [7, 11) is 3.80. The third-order valence-electron chi connectivity index (χ3n) is 2.61. The van der Waals surface area contributed by atoms with Crippen molar-refractivity contribution in [3.63, 3.8) is 0 Å². The Bertz CT molecular complexity index is 419. The number of carboxylic acids is 1. The van der Waals surface area contributed by atoms with E-state index in [1.165, 1.54) is 0 Å². The average molecular weight is 252 g/mol. The molecule has 0 spiro atoms. The smallest absolute Gasteiger partial charge is 0.344 e. The van der Waals surface area contributed by atoms with Crippen molar-refractivity contribution < 1.29 is 14.6 Å². The fourth-order valence-corrected chi connectivity index (χ4v) is 1.55. The molecule has 1 rings (SSSR count). The van der Waals surface area contributed by atoms with Gasteiger partial charge in [-0.25, -0.2) is 4.79 Å². The van der Waals surface area contributed by atoms with Crippen LogP contribution in [0.5, 0.6) is 5.75 Å². The summed E-state index contributed by atoms with van der Waals surface area (Å²) in [5.41, 5.74) is 7.16. The van der Waals surface area contributed by atoms with Gasteiger partial charge in [0.15, 0.2) is 6.10 Å². The summed E-state index contributed by atoms with van der Waals surface area (Å²) >= 11 is 0. The Morgan fingerprint density at radius 2 is 2.17 bits per heavy atom. The number of aliphatic carboxylic acids is 1. The van der Waals surface area contributed by atoms with Gasteiger partial charge in [0, 0.05) is 25.8 Å². The molecule has 0 saturated heterocycles. The molecule has 0 amide bonds. The monoisotopic (exact) mass is 252 g/mol. The molecule has 18 heavy (non-hydrogen) atoms. The van der Waals surface area contributed by atoms with E-state index in [1.807, 2.05) is 32.0 Å². The van der Waals surface area contributed by atoms with Crippen molar-refractivity contribution in [2.75, 3.05) is 24.7 Å². The topological polar surface area (TPSA) is 75.8 Å². The molecule has 0 radical (unpaired) electrons. The van der Waals surface area contributed by atoms with Crippen LogP contribution in [0.25, 0.3) is 0 Å². The number of hydrogen-bond donors (Lipinski definition) is 2. The standard InChI is InChI=1S/C13H20N2O3/c1-4-5-11(13(16)17)18-12-8-9(15(2)3)6-7-10(12)14/h6-8,11H,4-5,14H2,1-3H3,(H,16,17). The zero-order valence-electron chi connectivity index (χ0n) is 11.0. The first-order valence-electron chi connectivity index (χ1n) is 5.92. The molecule has 0 heterocycles. The lowest BCUT2D eigenvalue weighted by atomic mass is 10.2. The number of rotatable bonds is 6. The van der Waals surface area contributed by atoms with E-state index in [0.717, 1.165) is 12.1 Å². The van der Waals surface area contributed by atoms with E-state index in [2.05, 4.69) is 0 Å². The van der Waals surface area contributed by atoms with E-state index in [4.69, 9.17) is 15.6 Å². The molecule has 0 fully saturated rings. The number of nitrogens with two attached hydrogens (primary N) is 1. The van der Waals surface area contributed by atoms with Gasteiger partial charge in [-0.1, -0.05) is 13.3 Å². The molecule has 0 aliphatic heterocycles. The van der Waals surface area contributed by atoms with Crippen molar-refractivity contribution in [3.05, 3.63) is 18.2 Å². The predicted molar refractivity (Wildman–Crippen MR) is 72.1 cm³/mol. The summed E-state index contributed by atoms with van der Waals surface area (Å²) in [6, 6.07) is 5.33. The summed E-state index contributed by atoms with van der Waals surface area (Å²) in [5.74, 6) is -0.548. The van der Waals surface area contributed by atoms with Gasteiger partial charge in [0.25, 0.3) is 0 Å². The lowest BCUT2D eigenvalue weighted by Crippen LogP contribution is -2.27. The van der Waals surface area contributed by atoms with Gasteiger partial charge in [-0.15, -0.1) is 0 Å². The van der Waals surface area contributed by atoms with E-state index in [0.29, 0.717) is 17.9 Å². The van der Waals surface area contributed by atoms with Gasteiger partial charge in [-0.2, -0.15) is 0 Å². The van der Waals surface area contributed by atoms with Gasteiger partial charge in [0.1, 0.15) is 5.75 Å². The molecule has 1 unspecified atom stereocenters. The van der Waals surface area contributed by atoms with Gasteiger partial charge in [0.05, 0.1) is 5.69 Å². The second-order valence-corrected chi connectivity index (χ2v) is 4.35. The Labute approximate surface area is 107 Å². The van der Waals surface area contributed by atoms with Crippen molar-refractivity contribution in [3.8, 4) is 5.75 Å². The third kappa shape index (κ3) is 3.55. The second-order valence-electron chi connectivity index (χ2n) is 4.35. The third-order valence-corrected chi connectivity index (χ3v) is 2.61. The molecule has 5 nitrogen and oxygen atoms in total. The number of nitrogen functional groups attached to an aromatic ring is 1. The van der Waals surface area contributed by atoms with Crippen molar-refractivity contribution in [1.29, 1.82) is 0 Å². The zero-order chi connectivity index (χ0) is 13.7. The fraction of sp³-hybridized carbons (Fsp3) is 0.462. The quantitative estimate of drug-likeness (QED) is 0.757. The molecule has 5 heteroatoms. The largest absolute Gasteiger partial charge is 0.479 e. The molecule has 1 atom stereocenters. The molecule has 1 aromatic rings. The van der Waals surface area contributed by atoms with Crippen molar-refractivity contribution in [2.45, 2.75) is 25.9 Å². The minimum absolute atomic E-state index is 0.419. The number of hydrogen-bond acceptors (Lipinski definition) is 4. The number of carbonyl (C=O) groups is 1. The first-order valence-corrected chi connectivity index (χ1v) is 5.92. The van der Waals surface area contributed by atoms with Crippen LogP contribution < -0.4 is 15.4 Å². The number of nitrogens with zero attached hydrogens (tertiary/aromatic N) is 1. The van der Waals surface area contributed by atoms with Gasteiger partial charge >= 0.3 is 5.97 Å². The summed E-state index contributed by atoms with van der Waals surface area (Å²) in [4.78, 5) is 13.0. The Morgan fingerprint density at radius 3 is 2.67 bits per heavy atom. The van der Waals surface area contributed by atoms with Crippen LogP contribution in [-0.4, -0.2) is 31.3 Å². The highest BCUT2D eigenvalue weighted by Gasteiger charge is 2.19. The Kier molecular flexibility index (Phi) is 4.83. The van der Waals surface area contributed by atoms with Gasteiger partial charge in [0.2, 0.25) is 0 Å². The molecular weight excluding hydrogens is 232 g/mol. The van der Waals surface area contributed by atoms with Crippen LogP contribution in [-0.2, 0) is 4.79 Å². The number of benzene rings is 1. The highest BCUT2D eigenvalue weighted by Crippen LogP contribution is 2.28. The lowest BCUT2D eigenvalue weighted by molar-refractivity contribution is -0.145. The van der Waals surface area contributed by atoms with E-state index >= 15 is 0 Å². The predicted octanol–water partition coefficient (Wildman–Crippen LogP) is 1.97. The van der Waals surface area contributed by atoms with Crippen molar-refractivity contribution in [1.82, 2.24) is 0 Å². The first-order chi connectivity index (χ1) is 8.45. The highest BCUT2D eigenvalue weighted by atomic mass is 16.5. The van der Waals surface area contributed by atoms with Crippen LogP contribution in [0.2, 0.25) is 0 Å². The SMILES string of the molecule is CCCC(Oc1cc(N(C)C)ccc1N)C(=O)O. The van der Waals surface area contributed by atoms with Crippen LogP contribution in [0.15, 0.2) is 18.2 Å². The Morgan fingerprint density at radius 1 is 1.50 bits per heavy atom. The maximum absolute atomic E-state index is 11.0. The average Bonchev–Trinajstić information content (AvgIpc) is 2.30. The second kappa shape index (κ2) is 6.14. The van der Waals surface area contributed by atoms with Crippen LogP contribution in [0.1, 0.15) is 19.8 Å². The maximum Gasteiger partial charge on any atom is 0.344 e. The molecule has 0 aliphatic carbocycles. The molecule has 0 bridgehead atoms. The lowest BCUT2D eigenvalue weighted by Gasteiger charge is -2.19. The summed E-state index contributed by atoms with van der Waals surface area (Å²) in [5, 5.41) is 9.06. The molecule has 100 valence electrons. The normalized spacial score (nSPS) is 11.9. The molecule has 3 N–H and O–H groups in total. The number of carboxylic acid groups (broad SMARTS) is 1. The van der Waals surface area contributed by atoms with E-state index in [1.54, 1.807) is 12.1 Å². The van der Waals surface area contributed by atoms with Gasteiger partial charge in [-0.3, -0.25) is 0 Å². The molecule has 0 aromatic heterocycles. The highest BCUT2D eigenvalue weighted by molar-refractivity contribution is 5.73. The van der Waals surface area contributed by atoms with Gasteiger partial charge < -0.3 is 20.5 Å². The summed E-state index contributed by atoms with van der Waals surface area (Å²) < 4.78 is 5.49. The Hall–Kier alpha value is -1.91. The minimum atomic E-state index is -0.966.